The van der Waals surface area contributed by atoms with E-state index in [0.717, 1.165) is 44.6 Å². The van der Waals surface area contributed by atoms with Crippen molar-refractivity contribution >= 4 is 32.6 Å². The summed E-state index contributed by atoms with van der Waals surface area (Å²) in [5.41, 5.74) is 7.48. The molecule has 0 saturated heterocycles. The molecule has 0 spiro atoms. The van der Waals surface area contributed by atoms with Gasteiger partial charge in [0.15, 0.2) is 0 Å². The van der Waals surface area contributed by atoms with Gasteiger partial charge in [-0.2, -0.15) is 0 Å². The van der Waals surface area contributed by atoms with E-state index in [2.05, 4.69) is 113 Å². The van der Waals surface area contributed by atoms with Crippen LogP contribution >= 0.6 is 0 Å². The summed E-state index contributed by atoms with van der Waals surface area (Å²) >= 11 is 0. The third-order valence-electron chi connectivity index (χ3n) is 6.66. The molecule has 7 rings (SSSR count). The summed E-state index contributed by atoms with van der Waals surface area (Å²) < 4.78 is 2.35. The lowest BCUT2D eigenvalue weighted by molar-refractivity contribution is 1.16. The maximum absolute atomic E-state index is 5.07. The molecular formula is C32H21N3. The quantitative estimate of drug-likeness (QED) is 0.274. The van der Waals surface area contributed by atoms with E-state index in [9.17, 15) is 0 Å². The van der Waals surface area contributed by atoms with E-state index in [1.807, 2.05) is 24.5 Å². The molecule has 0 N–H and O–H groups in total. The Labute approximate surface area is 203 Å². The molecule has 0 aliphatic heterocycles. The fraction of sp³-hybridized carbons (Fsp3) is 0. The molecule has 0 bridgehead atoms. The van der Waals surface area contributed by atoms with Crippen LogP contribution in [0.15, 0.2) is 128 Å². The molecule has 0 saturated carbocycles. The molecule has 7 aromatic rings. The highest BCUT2D eigenvalue weighted by Gasteiger charge is 2.17. The minimum Gasteiger partial charge on any atom is -0.309 e. The Bertz CT molecular complexity index is 1780. The van der Waals surface area contributed by atoms with Gasteiger partial charge in [0.1, 0.15) is 0 Å². The predicted molar refractivity (Wildman–Crippen MR) is 145 cm³/mol. The van der Waals surface area contributed by atoms with Crippen LogP contribution in [0.25, 0.3) is 60.8 Å². The van der Waals surface area contributed by atoms with Gasteiger partial charge in [0.25, 0.3) is 0 Å². The van der Waals surface area contributed by atoms with Crippen LogP contribution in [0.2, 0.25) is 0 Å². The first kappa shape index (κ1) is 19.7. The van der Waals surface area contributed by atoms with E-state index >= 15 is 0 Å². The summed E-state index contributed by atoms with van der Waals surface area (Å²) in [5.74, 6) is 0. The van der Waals surface area contributed by atoms with Gasteiger partial charge in [-0.15, -0.1) is 0 Å². The number of rotatable bonds is 3. The van der Waals surface area contributed by atoms with Crippen molar-refractivity contribution in [3.8, 4) is 28.2 Å². The molecule has 3 heterocycles. The maximum atomic E-state index is 5.07. The molecule has 3 nitrogen and oxygen atoms in total. The Morgan fingerprint density at radius 3 is 1.91 bits per heavy atom. The van der Waals surface area contributed by atoms with E-state index in [1.54, 1.807) is 0 Å². The minimum atomic E-state index is 0.951. The lowest BCUT2D eigenvalue weighted by atomic mass is 10.0. The van der Waals surface area contributed by atoms with Crippen LogP contribution in [0.3, 0.4) is 0 Å². The van der Waals surface area contributed by atoms with Crippen LogP contribution in [-0.2, 0) is 0 Å². The molecule has 0 atom stereocenters. The zero-order valence-electron chi connectivity index (χ0n) is 19.0. The van der Waals surface area contributed by atoms with Crippen LogP contribution in [0, 0.1) is 0 Å². The number of pyridine rings is 2. The first-order chi connectivity index (χ1) is 17.4. The predicted octanol–water partition coefficient (Wildman–Crippen LogP) is 8.06. The number of nitrogens with zero attached hydrogens (tertiary/aromatic N) is 3. The van der Waals surface area contributed by atoms with Crippen molar-refractivity contribution in [2.75, 3.05) is 0 Å². The Morgan fingerprint density at radius 1 is 0.543 bits per heavy atom. The van der Waals surface area contributed by atoms with Crippen LogP contribution in [0.5, 0.6) is 0 Å². The maximum Gasteiger partial charge on any atom is 0.0730 e. The standard InChI is InChI=1S/C32H21N3/c1-3-10-23(11-4-1)28-19-25(20-29(34-28)24-12-5-2-6-13-24)35-30-17-18-33-21-27(30)32-26-14-8-7-9-22(26)15-16-31(32)35/h1-21H. The molecule has 3 aromatic heterocycles. The van der Waals surface area contributed by atoms with E-state index < -0.39 is 0 Å². The molecule has 0 aliphatic carbocycles. The molecule has 0 radical (unpaired) electrons. The van der Waals surface area contributed by atoms with E-state index in [4.69, 9.17) is 4.98 Å². The first-order valence-corrected chi connectivity index (χ1v) is 11.8. The number of hydrogen-bond donors (Lipinski definition) is 0. The lowest BCUT2D eigenvalue weighted by Gasteiger charge is -2.13. The summed E-state index contributed by atoms with van der Waals surface area (Å²) in [6, 6.07) is 40.3. The zero-order valence-corrected chi connectivity index (χ0v) is 19.0. The van der Waals surface area contributed by atoms with Crippen molar-refractivity contribution in [2.45, 2.75) is 0 Å². The highest BCUT2D eigenvalue weighted by Crippen LogP contribution is 2.37. The fourth-order valence-corrected chi connectivity index (χ4v) is 5.07. The Kier molecular flexibility index (Phi) is 4.46. The van der Waals surface area contributed by atoms with Gasteiger partial charge in [-0.1, -0.05) is 91.0 Å². The summed E-state index contributed by atoms with van der Waals surface area (Å²) in [5, 5.41) is 4.85. The van der Waals surface area contributed by atoms with Crippen LogP contribution < -0.4 is 0 Å². The van der Waals surface area contributed by atoms with Gasteiger partial charge in [-0.3, -0.25) is 4.98 Å². The third kappa shape index (κ3) is 3.21. The number of benzene rings is 4. The van der Waals surface area contributed by atoms with Gasteiger partial charge in [0.2, 0.25) is 0 Å². The second kappa shape index (κ2) is 7.93. The van der Waals surface area contributed by atoms with Gasteiger partial charge in [-0.05, 0) is 35.0 Å². The highest BCUT2D eigenvalue weighted by molar-refractivity contribution is 6.21. The van der Waals surface area contributed by atoms with Crippen LogP contribution in [-0.4, -0.2) is 14.5 Å². The summed E-state index contributed by atoms with van der Waals surface area (Å²) in [7, 11) is 0. The molecule has 35 heavy (non-hydrogen) atoms. The Morgan fingerprint density at radius 2 is 1.20 bits per heavy atom. The van der Waals surface area contributed by atoms with Crippen molar-refractivity contribution in [2.24, 2.45) is 0 Å². The lowest BCUT2D eigenvalue weighted by Crippen LogP contribution is -1.98. The number of hydrogen-bond acceptors (Lipinski definition) is 2. The van der Waals surface area contributed by atoms with Gasteiger partial charge < -0.3 is 4.57 Å². The van der Waals surface area contributed by atoms with Gasteiger partial charge in [0, 0.05) is 34.3 Å². The zero-order chi connectivity index (χ0) is 23.2. The number of fused-ring (bicyclic) bond motifs is 5. The second-order valence-electron chi connectivity index (χ2n) is 8.74. The molecule has 164 valence electrons. The third-order valence-corrected chi connectivity index (χ3v) is 6.66. The van der Waals surface area contributed by atoms with E-state index in [0.29, 0.717) is 0 Å². The molecule has 0 amide bonds. The fourth-order valence-electron chi connectivity index (χ4n) is 5.07. The van der Waals surface area contributed by atoms with Gasteiger partial charge in [-0.25, -0.2) is 4.98 Å². The topological polar surface area (TPSA) is 30.7 Å². The van der Waals surface area contributed by atoms with Crippen molar-refractivity contribution < 1.29 is 0 Å². The summed E-state index contributed by atoms with van der Waals surface area (Å²) in [6.07, 6.45) is 3.86. The average molecular weight is 448 g/mol. The Hall–Kier alpha value is -4.76. The molecule has 3 heteroatoms. The van der Waals surface area contributed by atoms with E-state index in [-0.39, 0.29) is 0 Å². The van der Waals surface area contributed by atoms with Crippen molar-refractivity contribution in [3.05, 3.63) is 128 Å². The van der Waals surface area contributed by atoms with E-state index in [1.165, 1.54) is 16.2 Å². The average Bonchev–Trinajstić information content (AvgIpc) is 3.29. The molecule has 0 fully saturated rings. The van der Waals surface area contributed by atoms with Crippen molar-refractivity contribution in [3.63, 3.8) is 0 Å². The molecule has 4 aromatic carbocycles. The highest BCUT2D eigenvalue weighted by atomic mass is 15.0. The normalized spacial score (nSPS) is 11.4. The minimum absolute atomic E-state index is 0.951. The smallest absolute Gasteiger partial charge is 0.0730 e. The Balaban J connectivity index is 1.60. The van der Waals surface area contributed by atoms with Crippen molar-refractivity contribution in [1.82, 2.24) is 14.5 Å². The SMILES string of the molecule is c1ccc(-c2cc(-n3c4ccncc4c4c5ccccc5ccc43)cc(-c3ccccc3)n2)cc1. The number of aromatic nitrogens is 3. The summed E-state index contributed by atoms with van der Waals surface area (Å²) in [4.78, 5) is 9.55. The largest absolute Gasteiger partial charge is 0.309 e. The molecule has 0 aliphatic rings. The van der Waals surface area contributed by atoms with Crippen molar-refractivity contribution in [1.29, 1.82) is 0 Å². The van der Waals surface area contributed by atoms with Crippen LogP contribution in [0.4, 0.5) is 0 Å². The van der Waals surface area contributed by atoms with Gasteiger partial charge >= 0.3 is 0 Å². The van der Waals surface area contributed by atoms with Gasteiger partial charge in [0.05, 0.1) is 28.1 Å². The second-order valence-corrected chi connectivity index (χ2v) is 8.74. The summed E-state index contributed by atoms with van der Waals surface area (Å²) in [6.45, 7) is 0. The first-order valence-electron chi connectivity index (χ1n) is 11.8. The van der Waals surface area contributed by atoms with Crippen LogP contribution in [0.1, 0.15) is 0 Å². The monoisotopic (exact) mass is 447 g/mol. The molecule has 0 unspecified atom stereocenters. The molecular weight excluding hydrogens is 426 g/mol.